The first kappa shape index (κ1) is 56.2. The lowest BCUT2D eigenvalue weighted by Crippen LogP contribution is -2.72. The van der Waals surface area contributed by atoms with Crippen LogP contribution in [0.5, 0.6) is 5.75 Å². The Bertz CT molecular complexity index is 3230. The Balaban J connectivity index is 1.08. The van der Waals surface area contributed by atoms with E-state index in [0.29, 0.717) is 16.9 Å². The number of methoxy groups -OCH3 is 1. The van der Waals surface area contributed by atoms with Crippen molar-refractivity contribution in [2.45, 2.75) is 114 Å². The Morgan fingerprint density at radius 1 is 0.573 bits per heavy atom. The molecule has 5 aliphatic rings. The molecule has 11 atom stereocenters. The van der Waals surface area contributed by atoms with Gasteiger partial charge in [0.15, 0.2) is 31.1 Å². The predicted molar refractivity (Wildman–Crippen MR) is 296 cm³/mol. The van der Waals surface area contributed by atoms with Crippen molar-refractivity contribution in [3.05, 3.63) is 197 Å². The summed E-state index contributed by atoms with van der Waals surface area (Å²) in [5, 5.41) is 1.25. The molecule has 6 aromatic rings. The summed E-state index contributed by atoms with van der Waals surface area (Å²) in [5.74, 6) is -4.00. The van der Waals surface area contributed by atoms with Crippen LogP contribution >= 0.6 is 0 Å². The van der Waals surface area contributed by atoms with Crippen molar-refractivity contribution in [2.75, 3.05) is 20.3 Å². The number of esters is 2. The van der Waals surface area contributed by atoms with E-state index < -0.39 is 117 Å². The molecule has 0 bridgehead atoms. The zero-order chi connectivity index (χ0) is 57.5. The fourth-order valence-corrected chi connectivity index (χ4v) is 16.5. The van der Waals surface area contributed by atoms with Gasteiger partial charge in [0.2, 0.25) is 0 Å². The molecule has 424 valence electrons. The van der Waals surface area contributed by atoms with Gasteiger partial charge in [-0.3, -0.25) is 38.6 Å². The second-order valence-electron chi connectivity index (χ2n) is 21.7. The summed E-state index contributed by atoms with van der Waals surface area (Å²) in [4.78, 5) is 89.0. The molecular formula is C63H62N2O16Si. The molecule has 0 aliphatic carbocycles. The van der Waals surface area contributed by atoms with Gasteiger partial charge in [-0.2, -0.15) is 0 Å². The van der Waals surface area contributed by atoms with Crippen LogP contribution in [-0.2, 0) is 58.5 Å². The van der Waals surface area contributed by atoms with E-state index in [2.05, 4.69) is 20.8 Å². The molecule has 18 nitrogen and oxygen atoms in total. The van der Waals surface area contributed by atoms with E-state index in [1.54, 1.807) is 48.5 Å². The lowest BCUT2D eigenvalue weighted by molar-refractivity contribution is -0.372. The molecule has 19 heteroatoms. The first-order valence-electron chi connectivity index (χ1n) is 27.1. The Morgan fingerprint density at radius 3 is 1.54 bits per heavy atom. The monoisotopic (exact) mass is 1130 g/mol. The zero-order valence-corrected chi connectivity index (χ0v) is 47.0. The van der Waals surface area contributed by atoms with E-state index in [1.807, 2.05) is 91.0 Å². The van der Waals surface area contributed by atoms with Crippen molar-refractivity contribution in [2.24, 2.45) is 0 Å². The van der Waals surface area contributed by atoms with E-state index in [9.17, 15) is 28.8 Å². The quantitative estimate of drug-likeness (QED) is 0.0548. The van der Waals surface area contributed by atoms with Crippen LogP contribution in [0.25, 0.3) is 0 Å². The summed E-state index contributed by atoms with van der Waals surface area (Å²) in [6.45, 7) is 8.07. The molecule has 11 rings (SSSR count). The third kappa shape index (κ3) is 10.5. The van der Waals surface area contributed by atoms with Crippen LogP contribution in [0, 0.1) is 0 Å². The molecule has 3 saturated heterocycles. The van der Waals surface area contributed by atoms with E-state index >= 15 is 0 Å². The number of fused-ring (bicyclic) bond motifs is 3. The highest BCUT2D eigenvalue weighted by Gasteiger charge is 2.63. The molecular weight excluding hydrogens is 1070 g/mol. The third-order valence-corrected chi connectivity index (χ3v) is 20.6. The summed E-state index contributed by atoms with van der Waals surface area (Å²) in [5.41, 5.74) is 1.61. The third-order valence-electron chi connectivity index (χ3n) is 15.6. The smallest absolute Gasteiger partial charge is 0.303 e. The van der Waals surface area contributed by atoms with E-state index in [-0.39, 0.29) is 42.1 Å². The van der Waals surface area contributed by atoms with E-state index in [4.69, 9.17) is 47.1 Å². The number of benzene rings is 6. The summed E-state index contributed by atoms with van der Waals surface area (Å²) in [7, 11) is -1.94. The molecule has 1 unspecified atom stereocenters. The number of rotatable bonds is 16. The van der Waals surface area contributed by atoms with E-state index in [0.717, 1.165) is 20.2 Å². The molecule has 0 radical (unpaired) electrons. The van der Waals surface area contributed by atoms with Gasteiger partial charge in [-0.25, -0.2) is 0 Å². The van der Waals surface area contributed by atoms with Crippen LogP contribution < -0.4 is 15.1 Å². The number of ether oxygens (including phenoxy) is 9. The Kier molecular flexibility index (Phi) is 15.9. The molecule has 4 amide bonds. The van der Waals surface area contributed by atoms with Gasteiger partial charge in [-0.1, -0.05) is 148 Å². The van der Waals surface area contributed by atoms with Crippen molar-refractivity contribution in [1.82, 2.24) is 9.80 Å². The van der Waals surface area contributed by atoms with E-state index in [1.165, 1.54) is 45.2 Å². The van der Waals surface area contributed by atoms with Crippen LogP contribution in [0.2, 0.25) is 5.04 Å². The molecule has 82 heavy (non-hydrogen) atoms. The van der Waals surface area contributed by atoms with Gasteiger partial charge in [0.1, 0.15) is 42.2 Å². The van der Waals surface area contributed by atoms with Gasteiger partial charge in [0, 0.05) is 19.4 Å². The second kappa shape index (κ2) is 23.3. The minimum absolute atomic E-state index is 0.0680. The molecule has 5 heterocycles. The first-order valence-corrected chi connectivity index (χ1v) is 29.0. The molecule has 0 saturated carbocycles. The Morgan fingerprint density at radius 2 is 1.05 bits per heavy atom. The number of nitrogens with zero attached hydrogens (tertiary/aromatic N) is 2. The summed E-state index contributed by atoms with van der Waals surface area (Å²) >= 11 is 0. The predicted octanol–water partition coefficient (Wildman–Crippen LogP) is 6.93. The zero-order valence-electron chi connectivity index (χ0n) is 46.0. The van der Waals surface area contributed by atoms with Crippen molar-refractivity contribution in [1.29, 1.82) is 0 Å². The maximum absolute atomic E-state index is 14.9. The van der Waals surface area contributed by atoms with Crippen molar-refractivity contribution < 1.29 is 75.8 Å². The molecule has 0 N–H and O–H groups in total. The van der Waals surface area contributed by atoms with Crippen molar-refractivity contribution in [3.8, 4) is 5.75 Å². The molecule has 6 aromatic carbocycles. The van der Waals surface area contributed by atoms with Gasteiger partial charge in [-0.15, -0.1) is 0 Å². The molecule has 3 fully saturated rings. The average Bonchev–Trinajstić information content (AvgIpc) is 3.54. The Labute approximate surface area is 475 Å². The molecule has 0 aromatic heterocycles. The highest BCUT2D eigenvalue weighted by atomic mass is 28.4. The first-order chi connectivity index (χ1) is 39.6. The Hall–Kier alpha value is -7.72. The van der Waals surface area contributed by atoms with Gasteiger partial charge in [0.05, 0.1) is 49.2 Å². The number of hydrogen-bond donors (Lipinski definition) is 0. The standard InChI is InChI=1S/C63H62N2O16Si/c1-37(66)76-54-50(64-56(68)44-26-16-17-27-45(44)57(64)69)61(73-34-39-20-10-7-11-21-39)78-49(36-75-82(63(3,4)5,42-22-12-8-13-23-42)43-24-14-9-15-25-43)53(54)81-62-51(65-58(70)46-28-18-19-29-47(46)59(65)71)55(77-38(2)67)52-48(79-62)35-74-60(80-52)40-30-32-41(72-6)33-31-40/h7-33,48-55,60-62H,34-36H2,1-6H3/t48-,49-,50-,51-,52-,53-,54-,55-,60?,61-,62+/m1/s1. The fraction of sp³-hybridized carbons (Fsp3) is 0.333. The van der Waals surface area contributed by atoms with Gasteiger partial charge < -0.3 is 47.1 Å². The normalized spacial score (nSPS) is 26.2. The summed E-state index contributed by atoms with van der Waals surface area (Å²) < 4.78 is 66.7. The average molecular weight is 1130 g/mol. The number of carbonyl (C=O) groups is 6. The topological polar surface area (TPSA) is 201 Å². The minimum Gasteiger partial charge on any atom is -0.497 e. The number of amides is 4. The van der Waals surface area contributed by atoms with Crippen LogP contribution in [0.3, 0.4) is 0 Å². The highest BCUT2D eigenvalue weighted by Crippen LogP contribution is 2.44. The van der Waals surface area contributed by atoms with Gasteiger partial charge in [-0.05, 0) is 57.4 Å². The molecule has 0 spiro atoms. The van der Waals surface area contributed by atoms with Crippen LogP contribution in [0.1, 0.15) is 93.5 Å². The lowest BCUT2D eigenvalue weighted by atomic mass is 9.92. The SMILES string of the molecule is COc1ccc(C2OC[C@H]3O[C@@H](O[C@H]4[C@H](OC(C)=O)[C@@H](N5C(=O)c6ccccc6C5=O)[C@H](OCc5ccccc5)O[C@@H]4CO[Si](c4ccccc4)(c4ccccc4)C(C)(C)C)[C@H](N4C(=O)c5ccccc5C4=O)[C@@H](OC(C)=O)[C@@H]3O2)cc1. The second-order valence-corrected chi connectivity index (χ2v) is 26.0. The maximum atomic E-state index is 14.9. The minimum atomic E-state index is -3.48. The van der Waals surface area contributed by atoms with Crippen LogP contribution in [0.15, 0.2) is 164 Å². The van der Waals surface area contributed by atoms with Crippen molar-refractivity contribution >= 4 is 54.3 Å². The number of hydrogen-bond acceptors (Lipinski definition) is 16. The van der Waals surface area contributed by atoms with Crippen LogP contribution in [-0.4, -0.2) is 135 Å². The van der Waals surface area contributed by atoms with Crippen LogP contribution in [0.4, 0.5) is 0 Å². The maximum Gasteiger partial charge on any atom is 0.303 e. The van der Waals surface area contributed by atoms with Gasteiger partial charge >= 0.3 is 11.9 Å². The summed E-state index contributed by atoms with van der Waals surface area (Å²) in [6, 6.07) is 45.2. The number of carbonyl (C=O) groups excluding carboxylic acids is 6. The largest absolute Gasteiger partial charge is 0.497 e. The number of imide groups is 2. The highest BCUT2D eigenvalue weighted by molar-refractivity contribution is 6.99. The molecule has 5 aliphatic heterocycles. The fourth-order valence-electron chi connectivity index (χ4n) is 12.0. The lowest BCUT2D eigenvalue weighted by Gasteiger charge is -2.53. The summed E-state index contributed by atoms with van der Waals surface area (Å²) in [6.07, 6.45) is -12.9. The van der Waals surface area contributed by atoms with Gasteiger partial charge in [0.25, 0.3) is 31.9 Å². The van der Waals surface area contributed by atoms with Crippen molar-refractivity contribution in [3.63, 3.8) is 0 Å².